The minimum absolute atomic E-state index is 0.333. The van der Waals surface area contributed by atoms with Crippen molar-refractivity contribution in [3.05, 3.63) is 53.8 Å². The maximum atomic E-state index is 13.3. The Balaban J connectivity index is 2.54. The van der Waals surface area contributed by atoms with Gasteiger partial charge in [0.2, 0.25) is 0 Å². The fourth-order valence-electron chi connectivity index (χ4n) is 2.02. The van der Waals surface area contributed by atoms with Crippen molar-refractivity contribution >= 4 is 23.0 Å². The number of anilines is 3. The Labute approximate surface area is 116 Å². The van der Waals surface area contributed by atoms with Crippen LogP contribution in [0, 0.1) is 5.82 Å². The number of ether oxygens (including phenoxy) is 1. The van der Waals surface area contributed by atoms with E-state index in [-0.39, 0.29) is 5.82 Å². The lowest BCUT2D eigenvalue weighted by molar-refractivity contribution is 0.0601. The average Bonchev–Trinajstić information content (AvgIpc) is 2.45. The first-order valence-corrected chi connectivity index (χ1v) is 6.00. The molecule has 0 aromatic heterocycles. The van der Waals surface area contributed by atoms with E-state index < -0.39 is 5.97 Å². The SMILES string of the molecule is COC(=O)c1cccc(N)c1N(C)c1cccc(F)c1. The molecule has 0 aliphatic heterocycles. The van der Waals surface area contributed by atoms with Gasteiger partial charge in [0.15, 0.2) is 0 Å². The normalized spacial score (nSPS) is 10.2. The zero-order valence-electron chi connectivity index (χ0n) is 11.3. The number of carbonyl (C=O) groups excluding carboxylic acids is 1. The van der Waals surface area contributed by atoms with Crippen molar-refractivity contribution in [2.75, 3.05) is 24.8 Å². The second kappa shape index (κ2) is 5.61. The Morgan fingerprint density at radius 3 is 2.60 bits per heavy atom. The predicted octanol–water partition coefficient (Wildman–Crippen LogP) is 2.96. The van der Waals surface area contributed by atoms with Crippen molar-refractivity contribution in [2.24, 2.45) is 0 Å². The number of carbonyl (C=O) groups is 1. The Bertz CT molecular complexity index is 644. The molecule has 0 aliphatic rings. The van der Waals surface area contributed by atoms with Crippen LogP contribution in [0.2, 0.25) is 0 Å². The predicted molar refractivity (Wildman–Crippen MR) is 76.7 cm³/mol. The number of hydrogen-bond acceptors (Lipinski definition) is 4. The molecule has 2 aromatic carbocycles. The molecule has 0 aliphatic carbocycles. The second-order valence-electron chi connectivity index (χ2n) is 4.27. The fraction of sp³-hybridized carbons (Fsp3) is 0.133. The third-order valence-electron chi connectivity index (χ3n) is 3.00. The van der Waals surface area contributed by atoms with Crippen molar-refractivity contribution in [3.63, 3.8) is 0 Å². The van der Waals surface area contributed by atoms with Crippen LogP contribution >= 0.6 is 0 Å². The standard InChI is InChI=1S/C15H15FN2O2/c1-18(11-6-3-5-10(16)9-11)14-12(15(19)20-2)7-4-8-13(14)17/h3-9H,17H2,1-2H3. The van der Waals surface area contributed by atoms with Crippen LogP contribution in [0.15, 0.2) is 42.5 Å². The molecule has 4 nitrogen and oxygen atoms in total. The Morgan fingerprint density at radius 2 is 1.95 bits per heavy atom. The first kappa shape index (κ1) is 13.9. The van der Waals surface area contributed by atoms with E-state index in [2.05, 4.69) is 0 Å². The summed E-state index contributed by atoms with van der Waals surface area (Å²) in [4.78, 5) is 13.5. The molecule has 0 radical (unpaired) electrons. The topological polar surface area (TPSA) is 55.6 Å². The van der Waals surface area contributed by atoms with E-state index in [0.29, 0.717) is 22.6 Å². The van der Waals surface area contributed by atoms with Gasteiger partial charge in [0.25, 0.3) is 0 Å². The van der Waals surface area contributed by atoms with Crippen molar-refractivity contribution in [3.8, 4) is 0 Å². The molecule has 5 heteroatoms. The highest BCUT2D eigenvalue weighted by Crippen LogP contribution is 2.33. The van der Waals surface area contributed by atoms with Gasteiger partial charge in [-0.3, -0.25) is 0 Å². The van der Waals surface area contributed by atoms with Crippen molar-refractivity contribution < 1.29 is 13.9 Å². The van der Waals surface area contributed by atoms with Crippen LogP contribution in [0.3, 0.4) is 0 Å². The van der Waals surface area contributed by atoms with Gasteiger partial charge in [0.05, 0.1) is 24.0 Å². The van der Waals surface area contributed by atoms with Crippen LogP contribution in [-0.2, 0) is 4.74 Å². The average molecular weight is 274 g/mol. The van der Waals surface area contributed by atoms with Crippen molar-refractivity contribution in [1.82, 2.24) is 0 Å². The smallest absolute Gasteiger partial charge is 0.340 e. The van der Waals surface area contributed by atoms with E-state index >= 15 is 0 Å². The van der Waals surface area contributed by atoms with Gasteiger partial charge in [-0.2, -0.15) is 0 Å². The van der Waals surface area contributed by atoms with E-state index in [1.54, 1.807) is 42.3 Å². The number of nitrogens with two attached hydrogens (primary N) is 1. The number of para-hydroxylation sites is 1. The summed E-state index contributed by atoms with van der Waals surface area (Å²) in [5.74, 6) is -0.848. The molecular formula is C15H15FN2O2. The molecule has 0 heterocycles. The molecule has 0 spiro atoms. The van der Waals surface area contributed by atoms with Gasteiger partial charge < -0.3 is 15.4 Å². The van der Waals surface area contributed by atoms with E-state index in [0.717, 1.165) is 0 Å². The molecule has 104 valence electrons. The Morgan fingerprint density at radius 1 is 1.25 bits per heavy atom. The minimum Gasteiger partial charge on any atom is -0.465 e. The maximum Gasteiger partial charge on any atom is 0.340 e. The van der Waals surface area contributed by atoms with Crippen LogP contribution in [0.4, 0.5) is 21.5 Å². The lowest BCUT2D eigenvalue weighted by Crippen LogP contribution is -2.17. The van der Waals surface area contributed by atoms with Gasteiger partial charge in [-0.25, -0.2) is 9.18 Å². The van der Waals surface area contributed by atoms with Gasteiger partial charge in [0.1, 0.15) is 5.82 Å². The van der Waals surface area contributed by atoms with Crippen LogP contribution < -0.4 is 10.6 Å². The summed E-state index contributed by atoms with van der Waals surface area (Å²) in [5.41, 5.74) is 7.78. The quantitative estimate of drug-likeness (QED) is 0.690. The van der Waals surface area contributed by atoms with Crippen LogP contribution in [-0.4, -0.2) is 20.1 Å². The highest BCUT2D eigenvalue weighted by Gasteiger charge is 2.18. The molecule has 2 N–H and O–H groups in total. The third kappa shape index (κ3) is 2.56. The maximum absolute atomic E-state index is 13.3. The summed E-state index contributed by atoms with van der Waals surface area (Å²) in [7, 11) is 3.02. The van der Waals surface area contributed by atoms with Crippen molar-refractivity contribution in [2.45, 2.75) is 0 Å². The van der Waals surface area contributed by atoms with Gasteiger partial charge in [-0.15, -0.1) is 0 Å². The lowest BCUT2D eigenvalue weighted by atomic mass is 10.1. The summed E-state index contributed by atoms with van der Waals surface area (Å²) in [5, 5.41) is 0. The summed E-state index contributed by atoms with van der Waals surface area (Å²) < 4.78 is 18.1. The summed E-state index contributed by atoms with van der Waals surface area (Å²) in [6.07, 6.45) is 0. The largest absolute Gasteiger partial charge is 0.465 e. The number of esters is 1. The number of nitrogen functional groups attached to an aromatic ring is 1. The van der Waals surface area contributed by atoms with Crippen LogP contribution in [0.25, 0.3) is 0 Å². The molecule has 0 saturated heterocycles. The molecule has 0 unspecified atom stereocenters. The third-order valence-corrected chi connectivity index (χ3v) is 3.00. The fourth-order valence-corrected chi connectivity index (χ4v) is 2.02. The first-order chi connectivity index (χ1) is 9.54. The molecule has 0 fully saturated rings. The molecule has 0 amide bonds. The van der Waals surface area contributed by atoms with E-state index in [4.69, 9.17) is 10.5 Å². The zero-order chi connectivity index (χ0) is 14.7. The molecule has 2 aromatic rings. The van der Waals surface area contributed by atoms with Gasteiger partial charge in [0, 0.05) is 12.7 Å². The molecular weight excluding hydrogens is 259 g/mol. The molecule has 20 heavy (non-hydrogen) atoms. The van der Waals surface area contributed by atoms with Crippen LogP contribution in [0.5, 0.6) is 0 Å². The summed E-state index contributed by atoms with van der Waals surface area (Å²) in [6, 6.07) is 11.0. The second-order valence-corrected chi connectivity index (χ2v) is 4.27. The lowest BCUT2D eigenvalue weighted by Gasteiger charge is -2.23. The number of methoxy groups -OCH3 is 1. The van der Waals surface area contributed by atoms with E-state index in [9.17, 15) is 9.18 Å². The zero-order valence-corrected chi connectivity index (χ0v) is 11.3. The number of benzene rings is 2. The summed E-state index contributed by atoms with van der Waals surface area (Å²) in [6.45, 7) is 0. The number of nitrogens with zero attached hydrogens (tertiary/aromatic N) is 1. The molecule has 0 atom stereocenters. The van der Waals surface area contributed by atoms with E-state index in [1.807, 2.05) is 0 Å². The monoisotopic (exact) mass is 274 g/mol. The highest BCUT2D eigenvalue weighted by atomic mass is 19.1. The van der Waals surface area contributed by atoms with Gasteiger partial charge >= 0.3 is 5.97 Å². The van der Waals surface area contributed by atoms with Crippen molar-refractivity contribution in [1.29, 1.82) is 0 Å². The first-order valence-electron chi connectivity index (χ1n) is 6.00. The van der Waals surface area contributed by atoms with Crippen LogP contribution in [0.1, 0.15) is 10.4 Å². The van der Waals surface area contributed by atoms with Gasteiger partial charge in [-0.05, 0) is 30.3 Å². The minimum atomic E-state index is -0.490. The van der Waals surface area contributed by atoms with E-state index in [1.165, 1.54) is 19.2 Å². The Kier molecular flexibility index (Phi) is 3.89. The molecule has 2 rings (SSSR count). The van der Waals surface area contributed by atoms with Gasteiger partial charge in [-0.1, -0.05) is 12.1 Å². The Hall–Kier alpha value is -2.56. The number of rotatable bonds is 3. The highest BCUT2D eigenvalue weighted by molar-refractivity contribution is 6.00. The molecule has 0 bridgehead atoms. The number of hydrogen-bond donors (Lipinski definition) is 1. The number of halogens is 1. The molecule has 0 saturated carbocycles. The summed E-state index contributed by atoms with van der Waals surface area (Å²) >= 11 is 0.